The zero-order valence-corrected chi connectivity index (χ0v) is 13.4. The number of nitrogens with zero attached hydrogens (tertiary/aromatic N) is 1. The minimum Gasteiger partial charge on any atom is -0.502 e. The molecule has 0 bridgehead atoms. The summed E-state index contributed by atoms with van der Waals surface area (Å²) in [4.78, 5) is 17.3. The first kappa shape index (κ1) is 15.0. The van der Waals surface area contributed by atoms with Gasteiger partial charge in [-0.15, -0.1) is 0 Å². The van der Waals surface area contributed by atoms with Crippen LogP contribution in [0.5, 0.6) is 5.75 Å². The van der Waals surface area contributed by atoms with Crippen LogP contribution < -0.4 is 5.43 Å². The van der Waals surface area contributed by atoms with Crippen LogP contribution in [-0.2, 0) is 6.54 Å². The Hall–Kier alpha value is -2.53. The molecule has 3 aromatic rings. The van der Waals surface area contributed by atoms with Crippen LogP contribution in [0.25, 0.3) is 10.9 Å². The van der Waals surface area contributed by atoms with Gasteiger partial charge in [0.15, 0.2) is 5.75 Å². The summed E-state index contributed by atoms with van der Waals surface area (Å²) in [6.07, 6.45) is 3.28. The lowest BCUT2D eigenvalue weighted by Crippen LogP contribution is -2.32. The minimum atomic E-state index is -0.385. The number of para-hydroxylation sites is 1. The van der Waals surface area contributed by atoms with Gasteiger partial charge in [-0.2, -0.15) is 0 Å². The van der Waals surface area contributed by atoms with Crippen molar-refractivity contribution in [2.24, 2.45) is 0 Å². The molecule has 5 heteroatoms. The Bertz CT molecular complexity index is 871. The van der Waals surface area contributed by atoms with Crippen molar-refractivity contribution in [3.8, 4) is 5.75 Å². The smallest absolute Gasteiger partial charge is 0.226 e. The number of hydrogen-bond acceptors (Lipinski definition) is 4. The van der Waals surface area contributed by atoms with E-state index in [1.165, 1.54) is 22.7 Å². The average Bonchev–Trinajstić information content (AvgIpc) is 3.03. The van der Waals surface area contributed by atoms with Gasteiger partial charge >= 0.3 is 0 Å². The molecule has 0 spiro atoms. The molecule has 5 nitrogen and oxygen atoms in total. The molecule has 1 saturated heterocycles. The second-order valence-electron chi connectivity index (χ2n) is 6.46. The zero-order chi connectivity index (χ0) is 16.5. The molecule has 0 radical (unpaired) electrons. The highest BCUT2D eigenvalue weighted by atomic mass is 16.4. The second kappa shape index (κ2) is 6.17. The van der Waals surface area contributed by atoms with Gasteiger partial charge in [0.25, 0.3) is 0 Å². The molecule has 0 unspecified atom stereocenters. The molecule has 1 aliphatic rings. The van der Waals surface area contributed by atoms with E-state index in [4.69, 9.17) is 4.42 Å². The number of benzene rings is 1. The molecular weight excluding hydrogens is 304 g/mol. The Morgan fingerprint density at radius 2 is 2.00 bits per heavy atom. The molecule has 1 aromatic carbocycles. The summed E-state index contributed by atoms with van der Waals surface area (Å²) in [5.74, 6) is 0.804. The van der Waals surface area contributed by atoms with E-state index in [9.17, 15) is 9.90 Å². The van der Waals surface area contributed by atoms with E-state index in [-0.39, 0.29) is 11.2 Å². The van der Waals surface area contributed by atoms with Gasteiger partial charge in [0, 0.05) is 23.2 Å². The summed E-state index contributed by atoms with van der Waals surface area (Å²) in [7, 11) is 0. The fraction of sp³-hybridized carbons (Fsp3) is 0.316. The van der Waals surface area contributed by atoms with Crippen molar-refractivity contribution < 1.29 is 9.52 Å². The Kier molecular flexibility index (Phi) is 3.86. The van der Waals surface area contributed by atoms with E-state index < -0.39 is 0 Å². The van der Waals surface area contributed by atoms with Crippen LogP contribution in [0.15, 0.2) is 51.9 Å². The largest absolute Gasteiger partial charge is 0.502 e. The average molecular weight is 324 g/mol. The molecule has 0 amide bonds. The van der Waals surface area contributed by atoms with Gasteiger partial charge in [-0.1, -0.05) is 18.2 Å². The maximum atomic E-state index is 11.5. The summed E-state index contributed by atoms with van der Waals surface area (Å²) in [5, 5.41) is 10.5. The first-order chi connectivity index (χ1) is 11.7. The van der Waals surface area contributed by atoms with E-state index in [1.807, 2.05) is 0 Å². The Balaban J connectivity index is 1.41. The molecule has 1 aliphatic heterocycles. The van der Waals surface area contributed by atoms with E-state index in [0.29, 0.717) is 18.2 Å². The van der Waals surface area contributed by atoms with Crippen LogP contribution in [0.3, 0.4) is 0 Å². The molecule has 1 fully saturated rings. The molecule has 0 atom stereocenters. The second-order valence-corrected chi connectivity index (χ2v) is 6.46. The lowest BCUT2D eigenvalue weighted by Gasteiger charge is -2.31. The Labute approximate surface area is 139 Å². The molecular formula is C19H20N2O3. The van der Waals surface area contributed by atoms with Crippen molar-refractivity contribution in [2.75, 3.05) is 13.1 Å². The monoisotopic (exact) mass is 324 g/mol. The summed E-state index contributed by atoms with van der Waals surface area (Å²) in [6.45, 7) is 2.53. The third-order valence-electron chi connectivity index (χ3n) is 4.82. The number of rotatable bonds is 3. The molecule has 2 N–H and O–H groups in total. The lowest BCUT2D eigenvalue weighted by atomic mass is 9.93. The number of likely N-dealkylation sites (tertiary alicyclic amines) is 1. The predicted molar refractivity (Wildman–Crippen MR) is 92.2 cm³/mol. The van der Waals surface area contributed by atoms with Crippen molar-refractivity contribution in [1.29, 1.82) is 0 Å². The summed E-state index contributed by atoms with van der Waals surface area (Å²) in [5.41, 5.74) is 2.12. The van der Waals surface area contributed by atoms with Crippen LogP contribution in [0.1, 0.15) is 30.2 Å². The third-order valence-corrected chi connectivity index (χ3v) is 4.82. The first-order valence-corrected chi connectivity index (χ1v) is 8.30. The highest BCUT2D eigenvalue weighted by Gasteiger charge is 2.22. The quantitative estimate of drug-likeness (QED) is 0.776. The van der Waals surface area contributed by atoms with E-state index in [0.717, 1.165) is 32.2 Å². The van der Waals surface area contributed by atoms with E-state index in [1.54, 1.807) is 0 Å². The Morgan fingerprint density at radius 1 is 1.21 bits per heavy atom. The maximum Gasteiger partial charge on any atom is 0.226 e. The van der Waals surface area contributed by atoms with Crippen LogP contribution in [0.2, 0.25) is 0 Å². The van der Waals surface area contributed by atoms with Gasteiger partial charge in [-0.3, -0.25) is 9.69 Å². The van der Waals surface area contributed by atoms with E-state index >= 15 is 0 Å². The third kappa shape index (κ3) is 2.95. The number of aromatic amines is 1. The highest BCUT2D eigenvalue weighted by Crippen LogP contribution is 2.30. The summed E-state index contributed by atoms with van der Waals surface area (Å²) < 4.78 is 5.30. The van der Waals surface area contributed by atoms with Crippen LogP contribution in [0, 0.1) is 0 Å². The number of aromatic hydroxyl groups is 1. The number of H-pyrrole nitrogens is 1. The van der Waals surface area contributed by atoms with Crippen molar-refractivity contribution in [3.63, 3.8) is 0 Å². The molecule has 0 saturated carbocycles. The normalized spacial score (nSPS) is 16.7. The Morgan fingerprint density at radius 3 is 2.75 bits per heavy atom. The van der Waals surface area contributed by atoms with Gasteiger partial charge in [0.1, 0.15) is 12.0 Å². The maximum absolute atomic E-state index is 11.5. The van der Waals surface area contributed by atoms with Gasteiger partial charge in [0.05, 0.1) is 6.54 Å². The van der Waals surface area contributed by atoms with Crippen molar-refractivity contribution in [2.45, 2.75) is 25.3 Å². The SMILES string of the molecule is O=c1cc(CN2CCC(c3cc4ccccc4[nH]3)CC2)occ1O. The number of piperidine rings is 1. The van der Waals surface area contributed by atoms with E-state index in [2.05, 4.69) is 40.2 Å². The minimum absolute atomic E-state index is 0.337. The first-order valence-electron chi connectivity index (χ1n) is 8.30. The van der Waals surface area contributed by atoms with Crippen LogP contribution in [-0.4, -0.2) is 28.1 Å². The molecule has 124 valence electrons. The number of hydrogen-bond donors (Lipinski definition) is 2. The molecule has 0 aliphatic carbocycles. The fourth-order valence-corrected chi connectivity index (χ4v) is 3.46. The number of fused-ring (bicyclic) bond motifs is 1. The standard InChI is InChI=1S/C19H20N2O3/c22-18-10-15(24-12-19(18)23)11-21-7-5-13(6-8-21)17-9-14-3-1-2-4-16(14)20-17/h1-4,9-10,12-13,20,23H,5-8,11H2. The summed E-state index contributed by atoms with van der Waals surface area (Å²) in [6, 6.07) is 12.0. The van der Waals surface area contributed by atoms with Crippen molar-refractivity contribution >= 4 is 10.9 Å². The van der Waals surface area contributed by atoms with Gasteiger partial charge < -0.3 is 14.5 Å². The number of aromatic nitrogens is 1. The zero-order valence-electron chi connectivity index (χ0n) is 13.4. The molecule has 24 heavy (non-hydrogen) atoms. The van der Waals surface area contributed by atoms with Gasteiger partial charge in [0.2, 0.25) is 5.43 Å². The number of nitrogens with one attached hydrogen (secondary N) is 1. The topological polar surface area (TPSA) is 69.5 Å². The highest BCUT2D eigenvalue weighted by molar-refractivity contribution is 5.80. The van der Waals surface area contributed by atoms with Gasteiger partial charge in [-0.25, -0.2) is 0 Å². The van der Waals surface area contributed by atoms with Crippen LogP contribution in [0.4, 0.5) is 0 Å². The fourth-order valence-electron chi connectivity index (χ4n) is 3.46. The van der Waals surface area contributed by atoms with Crippen LogP contribution >= 0.6 is 0 Å². The molecule has 4 rings (SSSR count). The lowest BCUT2D eigenvalue weighted by molar-refractivity contribution is 0.188. The van der Waals surface area contributed by atoms with Crippen molar-refractivity contribution in [3.05, 3.63) is 64.3 Å². The molecule has 3 heterocycles. The van der Waals surface area contributed by atoms with Gasteiger partial charge in [-0.05, 0) is 43.5 Å². The predicted octanol–water partition coefficient (Wildman–Crippen LogP) is 3.21. The molecule has 2 aromatic heterocycles. The summed E-state index contributed by atoms with van der Waals surface area (Å²) >= 11 is 0. The van der Waals surface area contributed by atoms with Crippen molar-refractivity contribution in [1.82, 2.24) is 9.88 Å².